The number of benzene rings is 2. The summed E-state index contributed by atoms with van der Waals surface area (Å²) < 4.78 is 29.1. The molecule has 0 unspecified atom stereocenters. The van der Waals surface area contributed by atoms with Gasteiger partial charge < -0.3 is 9.92 Å². The average molecular weight is 319 g/mol. The van der Waals surface area contributed by atoms with Crippen LogP contribution in [-0.2, 0) is 10.1 Å². The maximum Gasteiger partial charge on any atom is 0.339 e. The number of nitrogens with zero attached hydrogens (tertiary/aromatic N) is 1. The van der Waals surface area contributed by atoms with E-state index in [1.54, 1.807) is 30.3 Å². The number of hydrogen-bond acceptors (Lipinski definition) is 5. The van der Waals surface area contributed by atoms with E-state index >= 15 is 0 Å². The van der Waals surface area contributed by atoms with Gasteiger partial charge in [0.05, 0.1) is 6.21 Å². The summed E-state index contributed by atoms with van der Waals surface area (Å²) in [7, 11) is -3.86. The van der Waals surface area contributed by atoms with Crippen LogP contribution in [0.2, 0.25) is 0 Å². The van der Waals surface area contributed by atoms with Crippen molar-refractivity contribution in [2.45, 2.75) is 4.90 Å². The van der Waals surface area contributed by atoms with Crippen molar-refractivity contribution >= 4 is 22.4 Å². The first-order valence-electron chi connectivity index (χ1n) is 6.15. The highest BCUT2D eigenvalue weighted by Gasteiger charge is 2.15. The SMILES string of the molecule is NC(=O)N/N=C/c1ccc(OS(=O)(=O)c2ccccc2)cc1. The van der Waals surface area contributed by atoms with E-state index < -0.39 is 16.1 Å². The molecule has 0 aromatic heterocycles. The first kappa shape index (κ1) is 15.5. The van der Waals surface area contributed by atoms with Crippen LogP contribution in [0.1, 0.15) is 5.56 Å². The van der Waals surface area contributed by atoms with Crippen molar-refractivity contribution in [1.82, 2.24) is 5.43 Å². The standard InChI is InChI=1S/C14H13N3O4S/c15-14(18)17-16-10-11-6-8-12(9-7-11)21-22(19,20)13-4-2-1-3-5-13/h1-10H,(H3,15,17,18)/b16-10+. The van der Waals surface area contributed by atoms with Gasteiger partial charge in [-0.15, -0.1) is 0 Å². The first-order chi connectivity index (χ1) is 10.5. The second-order valence-corrected chi connectivity index (χ2v) is 5.70. The molecule has 22 heavy (non-hydrogen) atoms. The number of carbonyl (C=O) groups is 1. The molecule has 0 radical (unpaired) electrons. The Morgan fingerprint density at radius 3 is 2.32 bits per heavy atom. The number of hydrazone groups is 1. The lowest BCUT2D eigenvalue weighted by atomic mass is 10.2. The Morgan fingerprint density at radius 2 is 1.73 bits per heavy atom. The Morgan fingerprint density at radius 1 is 1.09 bits per heavy atom. The normalized spacial score (nSPS) is 11.3. The smallest absolute Gasteiger partial charge is 0.339 e. The van der Waals surface area contributed by atoms with Crippen LogP contribution in [-0.4, -0.2) is 20.7 Å². The molecule has 2 rings (SSSR count). The second-order valence-electron chi connectivity index (χ2n) is 4.15. The largest absolute Gasteiger partial charge is 0.379 e. The third-order valence-electron chi connectivity index (χ3n) is 2.51. The maximum absolute atomic E-state index is 12.0. The van der Waals surface area contributed by atoms with Gasteiger partial charge in [0.2, 0.25) is 0 Å². The Bertz CT molecular complexity index is 771. The molecule has 0 aliphatic carbocycles. The van der Waals surface area contributed by atoms with Crippen LogP contribution in [0.15, 0.2) is 64.6 Å². The highest BCUT2D eigenvalue weighted by Crippen LogP contribution is 2.18. The lowest BCUT2D eigenvalue weighted by Gasteiger charge is -2.06. The Kier molecular flexibility index (Phi) is 4.74. The summed E-state index contributed by atoms with van der Waals surface area (Å²) >= 11 is 0. The Labute approximate surface area is 127 Å². The van der Waals surface area contributed by atoms with E-state index in [1.165, 1.54) is 30.5 Å². The monoisotopic (exact) mass is 319 g/mol. The molecule has 2 amide bonds. The predicted octanol–water partition coefficient (Wildman–Crippen LogP) is 1.46. The van der Waals surface area contributed by atoms with E-state index in [2.05, 4.69) is 5.10 Å². The quantitative estimate of drug-likeness (QED) is 0.493. The molecule has 2 aromatic carbocycles. The Balaban J connectivity index is 2.08. The molecule has 0 bridgehead atoms. The van der Waals surface area contributed by atoms with Crippen molar-refractivity contribution in [3.63, 3.8) is 0 Å². The molecule has 8 heteroatoms. The topological polar surface area (TPSA) is 111 Å². The molecule has 2 aromatic rings. The van der Waals surface area contributed by atoms with Crippen molar-refractivity contribution in [2.24, 2.45) is 10.8 Å². The highest BCUT2D eigenvalue weighted by molar-refractivity contribution is 7.87. The fourth-order valence-corrected chi connectivity index (χ4v) is 2.49. The zero-order valence-corrected chi connectivity index (χ0v) is 12.2. The van der Waals surface area contributed by atoms with Crippen LogP contribution in [0, 0.1) is 0 Å². The zero-order chi connectivity index (χ0) is 16.0. The number of carbonyl (C=O) groups excluding carboxylic acids is 1. The molecule has 0 heterocycles. The summed E-state index contributed by atoms with van der Waals surface area (Å²) in [5, 5.41) is 3.58. The molecule has 0 saturated carbocycles. The fraction of sp³-hybridized carbons (Fsp3) is 0. The van der Waals surface area contributed by atoms with Gasteiger partial charge in [0.25, 0.3) is 0 Å². The van der Waals surface area contributed by atoms with Crippen molar-refractivity contribution < 1.29 is 17.4 Å². The van der Waals surface area contributed by atoms with Gasteiger partial charge in [0.1, 0.15) is 10.6 Å². The van der Waals surface area contributed by atoms with E-state index in [9.17, 15) is 13.2 Å². The number of urea groups is 1. The number of amides is 2. The van der Waals surface area contributed by atoms with Gasteiger partial charge >= 0.3 is 16.1 Å². The number of nitrogens with two attached hydrogens (primary N) is 1. The van der Waals surface area contributed by atoms with Crippen LogP contribution < -0.4 is 15.3 Å². The minimum Gasteiger partial charge on any atom is -0.379 e. The van der Waals surface area contributed by atoms with Gasteiger partial charge in [0.15, 0.2) is 0 Å². The molecular formula is C14H13N3O4S. The summed E-state index contributed by atoms with van der Waals surface area (Å²) in [5.74, 6) is 0.170. The third-order valence-corrected chi connectivity index (χ3v) is 3.77. The van der Waals surface area contributed by atoms with E-state index in [0.717, 1.165) is 0 Å². The summed E-state index contributed by atoms with van der Waals surface area (Å²) in [4.78, 5) is 10.5. The van der Waals surface area contributed by atoms with Crippen molar-refractivity contribution in [1.29, 1.82) is 0 Å². The summed E-state index contributed by atoms with van der Waals surface area (Å²) in [6.07, 6.45) is 1.36. The van der Waals surface area contributed by atoms with Crippen LogP contribution >= 0.6 is 0 Å². The van der Waals surface area contributed by atoms with Gasteiger partial charge in [-0.3, -0.25) is 0 Å². The minimum absolute atomic E-state index is 0.0753. The Hall–Kier alpha value is -2.87. The molecule has 7 nitrogen and oxygen atoms in total. The average Bonchev–Trinajstić information content (AvgIpc) is 2.49. The molecule has 0 saturated heterocycles. The van der Waals surface area contributed by atoms with Gasteiger partial charge in [0, 0.05) is 0 Å². The van der Waals surface area contributed by atoms with Gasteiger partial charge in [-0.05, 0) is 42.0 Å². The first-order valence-corrected chi connectivity index (χ1v) is 7.56. The molecular weight excluding hydrogens is 306 g/mol. The maximum atomic E-state index is 12.0. The van der Waals surface area contributed by atoms with E-state index in [-0.39, 0.29) is 10.6 Å². The zero-order valence-electron chi connectivity index (χ0n) is 11.3. The number of nitrogens with one attached hydrogen (secondary N) is 1. The van der Waals surface area contributed by atoms with Crippen LogP contribution in [0.3, 0.4) is 0 Å². The predicted molar refractivity (Wildman–Crippen MR) is 81.0 cm³/mol. The van der Waals surface area contributed by atoms with E-state index in [1.807, 2.05) is 5.43 Å². The molecule has 0 spiro atoms. The molecule has 0 atom stereocenters. The van der Waals surface area contributed by atoms with Crippen LogP contribution in [0.4, 0.5) is 4.79 Å². The molecule has 3 N–H and O–H groups in total. The van der Waals surface area contributed by atoms with Crippen molar-refractivity contribution in [2.75, 3.05) is 0 Å². The second kappa shape index (κ2) is 6.72. The lowest BCUT2D eigenvalue weighted by molar-refractivity contribution is 0.249. The summed E-state index contributed by atoms with van der Waals surface area (Å²) in [6, 6.07) is 13.2. The number of rotatable bonds is 5. The van der Waals surface area contributed by atoms with Crippen LogP contribution in [0.25, 0.3) is 0 Å². The summed E-state index contributed by atoms with van der Waals surface area (Å²) in [6.45, 7) is 0. The highest BCUT2D eigenvalue weighted by atomic mass is 32.2. The molecule has 0 aliphatic rings. The number of hydrogen-bond donors (Lipinski definition) is 2. The van der Waals surface area contributed by atoms with Gasteiger partial charge in [-0.25, -0.2) is 10.2 Å². The number of primary amides is 1. The van der Waals surface area contributed by atoms with E-state index in [4.69, 9.17) is 9.92 Å². The van der Waals surface area contributed by atoms with Crippen molar-refractivity contribution in [3.05, 3.63) is 60.2 Å². The molecule has 0 aliphatic heterocycles. The van der Waals surface area contributed by atoms with Gasteiger partial charge in [-0.1, -0.05) is 18.2 Å². The van der Waals surface area contributed by atoms with Crippen LogP contribution in [0.5, 0.6) is 5.75 Å². The lowest BCUT2D eigenvalue weighted by Crippen LogP contribution is -2.24. The molecule has 0 fully saturated rings. The third kappa shape index (κ3) is 4.32. The summed E-state index contributed by atoms with van der Waals surface area (Å²) in [5.41, 5.74) is 7.54. The fourth-order valence-electron chi connectivity index (χ4n) is 1.54. The van der Waals surface area contributed by atoms with E-state index in [0.29, 0.717) is 5.56 Å². The minimum atomic E-state index is -3.86. The van der Waals surface area contributed by atoms with Gasteiger partial charge in [-0.2, -0.15) is 13.5 Å². The molecule has 114 valence electrons. The van der Waals surface area contributed by atoms with Crippen molar-refractivity contribution in [3.8, 4) is 5.75 Å².